The van der Waals surface area contributed by atoms with E-state index in [4.69, 9.17) is 27.1 Å². The Bertz CT molecular complexity index is 1260. The fourth-order valence-corrected chi connectivity index (χ4v) is 3.03. The summed E-state index contributed by atoms with van der Waals surface area (Å²) < 4.78 is 43.7. The van der Waals surface area contributed by atoms with Crippen LogP contribution in [-0.4, -0.2) is 56.0 Å². The van der Waals surface area contributed by atoms with Crippen LogP contribution >= 0.6 is 0 Å². The molecule has 0 atom stereocenters. The third-order valence-corrected chi connectivity index (χ3v) is 4.68. The van der Waals surface area contributed by atoms with Crippen LogP contribution in [0.1, 0.15) is 27.1 Å². The predicted molar refractivity (Wildman–Crippen MR) is 123 cm³/mol. The smallest absolute Gasteiger partial charge is 0.340 e. The van der Waals surface area contributed by atoms with Crippen LogP contribution in [0.25, 0.3) is 0 Å². The van der Waals surface area contributed by atoms with Crippen molar-refractivity contribution in [3.63, 3.8) is 0 Å². The number of methoxy groups -OCH3 is 2. The Balaban J connectivity index is 2.29. The van der Waals surface area contributed by atoms with E-state index in [1.54, 1.807) is 5.92 Å². The summed E-state index contributed by atoms with van der Waals surface area (Å²) in [5, 5.41) is 2.34. The molecule has 0 aliphatic heterocycles. The quantitative estimate of drug-likeness (QED) is 0.321. The number of nitrogens with one attached hydrogen (secondary N) is 1. The van der Waals surface area contributed by atoms with Crippen LogP contribution in [0.4, 0.5) is 14.5 Å². The van der Waals surface area contributed by atoms with Gasteiger partial charge >= 0.3 is 11.9 Å². The number of hydrogen-bond donors (Lipinski definition) is 1. The summed E-state index contributed by atoms with van der Waals surface area (Å²) in [5.41, 5.74) is -1.16. The standard InChI is InChI=1S/C25H20F2N2O7/c1-5-19(30)28-22-15(25(33)35-4)11-12-18(34-3)23(22)36-14-8-13-29(20(31)6-2)24(32)21-16(26)9-7-10-17(21)27/h1-2,7,9-12H,8,13-14H2,3-4H3,(H,28,30). The summed E-state index contributed by atoms with van der Waals surface area (Å²) in [6.45, 7) is -0.595. The zero-order valence-corrected chi connectivity index (χ0v) is 19.2. The first kappa shape index (κ1) is 27.3. The van der Waals surface area contributed by atoms with Crippen LogP contribution in [0.5, 0.6) is 11.5 Å². The van der Waals surface area contributed by atoms with Gasteiger partial charge in [0.1, 0.15) is 22.9 Å². The van der Waals surface area contributed by atoms with E-state index in [0.29, 0.717) is 4.90 Å². The minimum absolute atomic E-state index is 0.0661. The summed E-state index contributed by atoms with van der Waals surface area (Å²) >= 11 is 0. The maximum absolute atomic E-state index is 14.1. The Labute approximate surface area is 205 Å². The number of halogens is 2. The lowest BCUT2D eigenvalue weighted by Crippen LogP contribution is -2.38. The predicted octanol–water partition coefficient (Wildman–Crippen LogP) is 2.40. The maximum atomic E-state index is 14.1. The van der Waals surface area contributed by atoms with Crippen molar-refractivity contribution in [1.82, 2.24) is 4.90 Å². The van der Waals surface area contributed by atoms with Gasteiger partial charge in [-0.1, -0.05) is 6.07 Å². The number of terminal acetylenes is 2. The topological polar surface area (TPSA) is 111 Å². The Morgan fingerprint density at radius 3 is 2.25 bits per heavy atom. The number of ether oxygens (including phenoxy) is 3. The van der Waals surface area contributed by atoms with E-state index in [2.05, 4.69) is 5.32 Å². The van der Waals surface area contributed by atoms with Crippen molar-refractivity contribution in [2.45, 2.75) is 6.42 Å². The van der Waals surface area contributed by atoms with Gasteiger partial charge in [-0.05, 0) is 42.5 Å². The van der Waals surface area contributed by atoms with Crippen molar-refractivity contribution in [3.05, 3.63) is 53.1 Å². The minimum Gasteiger partial charge on any atom is -0.493 e. The van der Waals surface area contributed by atoms with Gasteiger partial charge in [-0.2, -0.15) is 0 Å². The number of carbonyl (C=O) groups excluding carboxylic acids is 4. The van der Waals surface area contributed by atoms with Gasteiger partial charge in [0.05, 0.1) is 26.4 Å². The van der Waals surface area contributed by atoms with Crippen LogP contribution in [0, 0.1) is 36.3 Å². The molecule has 0 spiro atoms. The second-order valence-corrected chi connectivity index (χ2v) is 6.81. The number of benzene rings is 2. The molecule has 3 amide bonds. The largest absolute Gasteiger partial charge is 0.493 e. The summed E-state index contributed by atoms with van der Waals surface area (Å²) in [4.78, 5) is 49.3. The summed E-state index contributed by atoms with van der Waals surface area (Å²) in [7, 11) is 2.44. The molecular weight excluding hydrogens is 478 g/mol. The van der Waals surface area contributed by atoms with E-state index >= 15 is 0 Å². The molecule has 186 valence electrons. The Kier molecular flexibility index (Phi) is 9.52. The number of amides is 3. The van der Waals surface area contributed by atoms with Gasteiger partial charge in [0.2, 0.25) is 0 Å². The molecule has 0 aromatic heterocycles. The van der Waals surface area contributed by atoms with Crippen molar-refractivity contribution in [2.75, 3.05) is 32.7 Å². The van der Waals surface area contributed by atoms with Crippen molar-refractivity contribution in [1.29, 1.82) is 0 Å². The van der Waals surface area contributed by atoms with Crippen LogP contribution in [0.15, 0.2) is 30.3 Å². The number of rotatable bonds is 9. The van der Waals surface area contributed by atoms with E-state index < -0.39 is 40.9 Å². The monoisotopic (exact) mass is 498 g/mol. The van der Waals surface area contributed by atoms with Gasteiger partial charge in [-0.15, -0.1) is 12.8 Å². The highest BCUT2D eigenvalue weighted by atomic mass is 19.1. The van der Waals surface area contributed by atoms with Gasteiger partial charge in [-0.25, -0.2) is 13.6 Å². The van der Waals surface area contributed by atoms with Crippen LogP contribution in [0.3, 0.4) is 0 Å². The van der Waals surface area contributed by atoms with Crippen molar-refractivity contribution in [3.8, 4) is 36.2 Å². The fraction of sp³-hybridized carbons (Fsp3) is 0.200. The minimum atomic E-state index is -1.26. The van der Waals surface area contributed by atoms with E-state index in [-0.39, 0.29) is 42.3 Å². The number of esters is 1. The van der Waals surface area contributed by atoms with Gasteiger partial charge in [0.15, 0.2) is 11.5 Å². The van der Waals surface area contributed by atoms with E-state index in [0.717, 1.165) is 25.3 Å². The van der Waals surface area contributed by atoms with Crippen LogP contribution in [0.2, 0.25) is 0 Å². The molecule has 0 aliphatic rings. The second-order valence-electron chi connectivity index (χ2n) is 6.81. The molecule has 2 rings (SSSR count). The van der Waals surface area contributed by atoms with Gasteiger partial charge < -0.3 is 19.5 Å². The Morgan fingerprint density at radius 2 is 1.69 bits per heavy atom. The molecule has 2 aromatic carbocycles. The van der Waals surface area contributed by atoms with Crippen LogP contribution < -0.4 is 14.8 Å². The molecule has 0 saturated heterocycles. The normalized spacial score (nSPS) is 9.83. The van der Waals surface area contributed by atoms with Gasteiger partial charge in [0, 0.05) is 6.54 Å². The van der Waals surface area contributed by atoms with Crippen molar-refractivity contribution in [2.24, 2.45) is 0 Å². The molecule has 36 heavy (non-hydrogen) atoms. The van der Waals surface area contributed by atoms with Gasteiger partial charge in [0.25, 0.3) is 11.8 Å². The highest BCUT2D eigenvalue weighted by Gasteiger charge is 2.27. The number of hydrogen-bond acceptors (Lipinski definition) is 7. The average Bonchev–Trinajstić information content (AvgIpc) is 2.87. The number of carbonyl (C=O) groups is 4. The van der Waals surface area contributed by atoms with E-state index in [1.807, 2.05) is 5.92 Å². The molecule has 0 fully saturated rings. The third-order valence-electron chi connectivity index (χ3n) is 4.68. The van der Waals surface area contributed by atoms with Crippen molar-refractivity contribution >= 4 is 29.4 Å². The van der Waals surface area contributed by atoms with E-state index in [1.165, 1.54) is 19.2 Å². The lowest BCUT2D eigenvalue weighted by atomic mass is 10.1. The highest BCUT2D eigenvalue weighted by Crippen LogP contribution is 2.38. The SMILES string of the molecule is C#CC(=O)Nc1c(C(=O)OC)ccc(OC)c1OCCCN(C(=O)C#C)C(=O)c1c(F)cccc1F. The first-order chi connectivity index (χ1) is 17.2. The third kappa shape index (κ3) is 6.15. The molecule has 1 N–H and O–H groups in total. The van der Waals surface area contributed by atoms with Crippen molar-refractivity contribution < 1.29 is 42.2 Å². The first-order valence-electron chi connectivity index (χ1n) is 10.2. The Morgan fingerprint density at radius 1 is 1.03 bits per heavy atom. The lowest BCUT2D eigenvalue weighted by molar-refractivity contribution is -0.122. The molecule has 0 unspecified atom stereocenters. The summed E-state index contributed by atoms with van der Waals surface area (Å²) in [5.74, 6) is -2.81. The molecule has 0 saturated carbocycles. The second kappa shape index (κ2) is 12.5. The first-order valence-corrected chi connectivity index (χ1v) is 10.2. The highest BCUT2D eigenvalue weighted by molar-refractivity contribution is 6.10. The number of anilines is 1. The average molecular weight is 498 g/mol. The molecule has 0 bridgehead atoms. The zero-order valence-electron chi connectivity index (χ0n) is 19.2. The molecule has 9 nitrogen and oxygen atoms in total. The van der Waals surface area contributed by atoms with Gasteiger partial charge in [-0.3, -0.25) is 19.3 Å². The molecule has 11 heteroatoms. The summed E-state index contributed by atoms with van der Waals surface area (Å²) in [6, 6.07) is 5.49. The number of nitrogens with zero attached hydrogens (tertiary/aromatic N) is 1. The molecule has 0 heterocycles. The van der Waals surface area contributed by atoms with Crippen LogP contribution in [-0.2, 0) is 14.3 Å². The van der Waals surface area contributed by atoms with E-state index in [9.17, 15) is 28.0 Å². The Hall–Kier alpha value is -4.90. The molecular formula is C25H20F2N2O7. The molecule has 0 radical (unpaired) electrons. The zero-order chi connectivity index (χ0) is 26.8. The maximum Gasteiger partial charge on any atom is 0.340 e. The lowest BCUT2D eigenvalue weighted by Gasteiger charge is -2.20. The fourth-order valence-electron chi connectivity index (χ4n) is 3.03. The molecule has 2 aromatic rings. The summed E-state index contributed by atoms with van der Waals surface area (Å²) in [6.07, 6.45) is 10.1. The number of imide groups is 1. The molecule has 0 aliphatic carbocycles.